The third-order valence-electron chi connectivity index (χ3n) is 14.7. The van der Waals surface area contributed by atoms with Gasteiger partial charge in [-0.2, -0.15) is 0 Å². The van der Waals surface area contributed by atoms with Gasteiger partial charge in [0.2, 0.25) is 0 Å². The molecule has 0 saturated carbocycles. The van der Waals surface area contributed by atoms with Gasteiger partial charge in [-0.05, 0) is 142 Å². The van der Waals surface area contributed by atoms with Crippen LogP contribution in [-0.4, -0.2) is 4.57 Å². The largest absolute Gasteiger partial charge is 0.310 e. The van der Waals surface area contributed by atoms with E-state index in [1.165, 1.54) is 58.8 Å². The molecule has 0 bridgehead atoms. The van der Waals surface area contributed by atoms with Crippen LogP contribution in [0, 0.1) is 0 Å². The topological polar surface area (TPSA) is 11.4 Å². The second kappa shape index (κ2) is 16.8. The molecule has 2 heterocycles. The van der Waals surface area contributed by atoms with Crippen molar-refractivity contribution in [3.05, 3.63) is 260 Å². The van der Waals surface area contributed by atoms with Crippen LogP contribution in [0.15, 0.2) is 238 Å². The standard InChI is InChI=1S/C67H49N3S/c1-5-52-59-41-48(35-37-64(59)70(63(52)6-2)49-34-36-55-54-29-18-20-32-61(54)67(3,4)62(55)42-49)69(47-26-14-9-15-27-47)51-39-44(38-50(40-51)68(45-22-10-7-11-23-45)46-24-12-8-13-25-46)58-43-60-56-30-19-21-33-65(56)71-66(60)57-31-17-16-28-53(57)58/h5-43H,1-2H2,3-4H3. The number of aromatic nitrogens is 1. The lowest BCUT2D eigenvalue weighted by Gasteiger charge is -2.30. The van der Waals surface area contributed by atoms with E-state index >= 15 is 0 Å². The highest BCUT2D eigenvalue weighted by Crippen LogP contribution is 2.51. The maximum atomic E-state index is 4.41. The van der Waals surface area contributed by atoms with Crippen molar-refractivity contribution in [2.24, 2.45) is 0 Å². The molecule has 0 aliphatic heterocycles. The molecular formula is C67H49N3S. The van der Waals surface area contributed by atoms with Gasteiger partial charge < -0.3 is 14.4 Å². The third kappa shape index (κ3) is 6.78. The molecule has 1 aliphatic carbocycles. The van der Waals surface area contributed by atoms with Crippen LogP contribution >= 0.6 is 11.3 Å². The summed E-state index contributed by atoms with van der Waals surface area (Å²) in [4.78, 5) is 4.79. The second-order valence-electron chi connectivity index (χ2n) is 19.0. The van der Waals surface area contributed by atoms with E-state index in [1.807, 2.05) is 23.5 Å². The fraction of sp³-hybridized carbons (Fsp3) is 0.0448. The molecule has 0 fully saturated rings. The van der Waals surface area contributed by atoms with Crippen molar-refractivity contribution in [2.45, 2.75) is 19.3 Å². The Hall–Kier alpha value is -8.70. The summed E-state index contributed by atoms with van der Waals surface area (Å²) < 4.78 is 4.97. The fourth-order valence-corrected chi connectivity index (χ4v) is 12.6. The molecular weight excluding hydrogens is 879 g/mol. The minimum absolute atomic E-state index is 0.136. The lowest BCUT2D eigenvalue weighted by molar-refractivity contribution is 0.660. The molecule has 13 rings (SSSR count). The van der Waals surface area contributed by atoms with Crippen LogP contribution in [0.2, 0.25) is 0 Å². The molecule has 10 aromatic carbocycles. The van der Waals surface area contributed by atoms with Gasteiger partial charge in [0.15, 0.2) is 0 Å². The van der Waals surface area contributed by atoms with Crippen LogP contribution in [0.25, 0.3) is 81.9 Å². The predicted molar refractivity (Wildman–Crippen MR) is 306 cm³/mol. The lowest BCUT2D eigenvalue weighted by Crippen LogP contribution is -2.15. The van der Waals surface area contributed by atoms with Gasteiger partial charge >= 0.3 is 0 Å². The molecule has 3 nitrogen and oxygen atoms in total. The van der Waals surface area contributed by atoms with Crippen LogP contribution in [-0.2, 0) is 5.41 Å². The summed E-state index contributed by atoms with van der Waals surface area (Å²) in [5.41, 5.74) is 18.0. The Balaban J connectivity index is 1.06. The first kappa shape index (κ1) is 42.4. The number of rotatable bonds is 10. The molecule has 0 amide bonds. The van der Waals surface area contributed by atoms with E-state index < -0.39 is 0 Å². The average molecular weight is 928 g/mol. The summed E-state index contributed by atoms with van der Waals surface area (Å²) in [6.07, 6.45) is 3.97. The highest BCUT2D eigenvalue weighted by Gasteiger charge is 2.35. The van der Waals surface area contributed by atoms with Crippen molar-refractivity contribution < 1.29 is 0 Å². The Bertz CT molecular complexity index is 4030. The van der Waals surface area contributed by atoms with Crippen LogP contribution in [0.1, 0.15) is 36.2 Å². The molecule has 0 N–H and O–H groups in total. The molecule has 71 heavy (non-hydrogen) atoms. The van der Waals surface area contributed by atoms with Gasteiger partial charge in [0.05, 0.1) is 11.2 Å². The van der Waals surface area contributed by atoms with Gasteiger partial charge in [-0.1, -0.05) is 160 Å². The molecule has 4 heteroatoms. The Morgan fingerprint density at radius 3 is 1.66 bits per heavy atom. The molecule has 0 saturated heterocycles. The zero-order valence-corrected chi connectivity index (χ0v) is 40.5. The van der Waals surface area contributed by atoms with Crippen molar-refractivity contribution >= 4 is 99.5 Å². The van der Waals surface area contributed by atoms with Crippen LogP contribution in [0.3, 0.4) is 0 Å². The summed E-state index contributed by atoms with van der Waals surface area (Å²) in [6.45, 7) is 13.5. The van der Waals surface area contributed by atoms with E-state index in [2.05, 4.69) is 266 Å². The van der Waals surface area contributed by atoms with Crippen molar-refractivity contribution in [3.8, 4) is 27.9 Å². The van der Waals surface area contributed by atoms with Gasteiger partial charge in [-0.25, -0.2) is 0 Å². The van der Waals surface area contributed by atoms with E-state index in [4.69, 9.17) is 0 Å². The first-order valence-corrected chi connectivity index (χ1v) is 25.1. The Morgan fingerprint density at radius 2 is 1.00 bits per heavy atom. The van der Waals surface area contributed by atoms with Crippen LogP contribution in [0.4, 0.5) is 34.1 Å². The number of anilines is 6. The maximum absolute atomic E-state index is 4.41. The van der Waals surface area contributed by atoms with Gasteiger partial charge in [-0.15, -0.1) is 11.3 Å². The van der Waals surface area contributed by atoms with Gasteiger partial charge in [0.1, 0.15) is 0 Å². The monoisotopic (exact) mass is 927 g/mol. The Kier molecular flexibility index (Phi) is 10.0. The fourth-order valence-electron chi connectivity index (χ4n) is 11.4. The molecule has 0 spiro atoms. The quantitative estimate of drug-likeness (QED) is 0.135. The van der Waals surface area contributed by atoms with Crippen molar-refractivity contribution in [2.75, 3.05) is 9.80 Å². The van der Waals surface area contributed by atoms with E-state index in [1.54, 1.807) is 0 Å². The molecule has 12 aromatic rings. The normalized spacial score (nSPS) is 12.6. The number of fused-ring (bicyclic) bond motifs is 9. The van der Waals surface area contributed by atoms with E-state index in [-0.39, 0.29) is 5.41 Å². The second-order valence-corrected chi connectivity index (χ2v) is 20.1. The molecule has 0 radical (unpaired) electrons. The molecule has 2 aromatic heterocycles. The third-order valence-corrected chi connectivity index (χ3v) is 15.9. The van der Waals surface area contributed by atoms with Crippen LogP contribution in [0.5, 0.6) is 0 Å². The number of thiophene rings is 1. The first-order valence-electron chi connectivity index (χ1n) is 24.3. The number of benzene rings is 10. The molecule has 0 unspecified atom stereocenters. The van der Waals surface area contributed by atoms with Crippen molar-refractivity contribution in [3.63, 3.8) is 0 Å². The zero-order valence-electron chi connectivity index (χ0n) is 39.7. The minimum Gasteiger partial charge on any atom is -0.310 e. The van der Waals surface area contributed by atoms with E-state index in [0.717, 1.165) is 67.5 Å². The van der Waals surface area contributed by atoms with Crippen LogP contribution < -0.4 is 9.80 Å². The summed E-state index contributed by atoms with van der Waals surface area (Å²) in [5.74, 6) is 0. The number of hydrogen-bond donors (Lipinski definition) is 0. The van der Waals surface area contributed by atoms with Gasteiger partial charge in [-0.3, -0.25) is 0 Å². The van der Waals surface area contributed by atoms with Gasteiger partial charge in [0.25, 0.3) is 0 Å². The first-order chi connectivity index (χ1) is 34.9. The lowest BCUT2D eigenvalue weighted by atomic mass is 9.82. The number of hydrogen-bond acceptors (Lipinski definition) is 3. The summed E-state index contributed by atoms with van der Waals surface area (Å²) >= 11 is 1.88. The van der Waals surface area contributed by atoms with Gasteiger partial charge in [0, 0.05) is 81.7 Å². The highest BCUT2D eigenvalue weighted by atomic mass is 32.1. The molecule has 0 atom stereocenters. The Morgan fingerprint density at radius 1 is 0.423 bits per heavy atom. The molecule has 338 valence electrons. The maximum Gasteiger partial charge on any atom is 0.0542 e. The smallest absolute Gasteiger partial charge is 0.0542 e. The van der Waals surface area contributed by atoms with Crippen molar-refractivity contribution in [1.82, 2.24) is 4.57 Å². The summed E-state index contributed by atoms with van der Waals surface area (Å²) in [5, 5.41) is 6.14. The minimum atomic E-state index is -0.136. The SMILES string of the molecule is C=Cc1c(C=C)n(-c2ccc3c(c2)C(C)(C)c2ccccc2-3)c2ccc(N(c3ccccc3)c3cc(-c4cc5c6ccccc6sc5c5ccccc45)cc(N(c4ccccc4)c4ccccc4)c3)cc12. The van der Waals surface area contributed by atoms with E-state index in [9.17, 15) is 0 Å². The predicted octanol–water partition coefficient (Wildman–Crippen LogP) is 19.4. The van der Waals surface area contributed by atoms with Crippen molar-refractivity contribution in [1.29, 1.82) is 0 Å². The zero-order chi connectivity index (χ0) is 47.8. The molecule has 1 aliphatic rings. The average Bonchev–Trinajstić information content (AvgIpc) is 4.04. The van der Waals surface area contributed by atoms with E-state index in [0.29, 0.717) is 0 Å². The Labute approximate surface area is 418 Å². The number of nitrogens with zero attached hydrogens (tertiary/aromatic N) is 3. The summed E-state index contributed by atoms with van der Waals surface area (Å²) in [6, 6.07) is 82.1. The summed E-state index contributed by atoms with van der Waals surface area (Å²) in [7, 11) is 0. The highest BCUT2D eigenvalue weighted by molar-refractivity contribution is 7.26. The number of para-hydroxylation sites is 3.